The van der Waals surface area contributed by atoms with Crippen LogP contribution in [0.5, 0.6) is 0 Å². The molecule has 0 saturated carbocycles. The topological polar surface area (TPSA) is 70.7 Å². The van der Waals surface area contributed by atoms with E-state index >= 15 is 0 Å². The van der Waals surface area contributed by atoms with Gasteiger partial charge >= 0.3 is 0 Å². The molecule has 1 amide bonds. The summed E-state index contributed by atoms with van der Waals surface area (Å²) < 4.78 is 0. The maximum absolute atomic E-state index is 11.3. The van der Waals surface area contributed by atoms with Crippen molar-refractivity contribution in [1.29, 1.82) is 0 Å². The van der Waals surface area contributed by atoms with Crippen molar-refractivity contribution in [2.24, 2.45) is 10.7 Å². The summed E-state index contributed by atoms with van der Waals surface area (Å²) in [5, 5.41) is 3.32. The first-order valence-electron chi connectivity index (χ1n) is 8.41. The molecule has 140 valence electrons. The lowest BCUT2D eigenvalue weighted by atomic mass is 10.1. The zero-order valence-electron chi connectivity index (χ0n) is 15.5. The van der Waals surface area contributed by atoms with Gasteiger partial charge in [0.25, 0.3) is 0 Å². The number of hydrogen-bond acceptors (Lipinski definition) is 2. The van der Waals surface area contributed by atoms with Gasteiger partial charge in [-0.1, -0.05) is 43.3 Å². The van der Waals surface area contributed by atoms with Crippen molar-refractivity contribution in [2.45, 2.75) is 26.4 Å². The third-order valence-electron chi connectivity index (χ3n) is 4.09. The van der Waals surface area contributed by atoms with Crippen LogP contribution in [0, 0.1) is 0 Å². The molecule has 5 nitrogen and oxygen atoms in total. The maximum Gasteiger partial charge on any atom is 0.248 e. The average Bonchev–Trinajstić information content (AvgIpc) is 2.63. The Morgan fingerprint density at radius 3 is 2.35 bits per heavy atom. The minimum Gasteiger partial charge on any atom is -0.366 e. The standard InChI is InChI=1S/C20H26N4O.HI/c1-4-15-8-10-16(11-9-15)14-24(3)20(22-2)23-13-17-6-5-7-18(12-17)19(21)25;/h5-12H,4,13-14H2,1-3H3,(H2,21,25)(H,22,23);1H. The van der Waals surface area contributed by atoms with Crippen LogP contribution in [-0.4, -0.2) is 30.9 Å². The highest BCUT2D eigenvalue weighted by Crippen LogP contribution is 2.08. The van der Waals surface area contributed by atoms with Crippen LogP contribution in [0.1, 0.15) is 34.0 Å². The van der Waals surface area contributed by atoms with E-state index in [0.717, 1.165) is 24.5 Å². The van der Waals surface area contributed by atoms with Crippen LogP contribution < -0.4 is 11.1 Å². The second-order valence-corrected chi connectivity index (χ2v) is 5.99. The largest absolute Gasteiger partial charge is 0.366 e. The summed E-state index contributed by atoms with van der Waals surface area (Å²) in [6.07, 6.45) is 1.05. The SMILES string of the molecule is CCc1ccc(CN(C)C(=NC)NCc2cccc(C(N)=O)c2)cc1.I. The highest BCUT2D eigenvalue weighted by atomic mass is 127. The van der Waals surface area contributed by atoms with Gasteiger partial charge in [-0.05, 0) is 35.2 Å². The number of benzene rings is 2. The Labute approximate surface area is 172 Å². The number of nitrogens with one attached hydrogen (secondary N) is 1. The second-order valence-electron chi connectivity index (χ2n) is 5.99. The Hall–Kier alpha value is -2.09. The van der Waals surface area contributed by atoms with Gasteiger partial charge in [0.05, 0.1) is 0 Å². The summed E-state index contributed by atoms with van der Waals surface area (Å²) in [6.45, 7) is 3.50. The normalized spacial score (nSPS) is 10.8. The van der Waals surface area contributed by atoms with Crippen molar-refractivity contribution in [3.8, 4) is 0 Å². The van der Waals surface area contributed by atoms with Crippen LogP contribution >= 0.6 is 24.0 Å². The van der Waals surface area contributed by atoms with E-state index < -0.39 is 5.91 Å². The maximum atomic E-state index is 11.3. The van der Waals surface area contributed by atoms with Gasteiger partial charge in [-0.15, -0.1) is 24.0 Å². The first-order valence-corrected chi connectivity index (χ1v) is 8.41. The number of nitrogens with zero attached hydrogens (tertiary/aromatic N) is 2. The number of amides is 1. The molecular formula is C20H27IN4O. The summed E-state index contributed by atoms with van der Waals surface area (Å²) >= 11 is 0. The number of aryl methyl sites for hydroxylation is 1. The first kappa shape index (κ1) is 22.0. The fourth-order valence-electron chi connectivity index (χ4n) is 2.63. The summed E-state index contributed by atoms with van der Waals surface area (Å²) in [5.74, 6) is 0.378. The Morgan fingerprint density at radius 2 is 1.77 bits per heavy atom. The Bertz CT molecular complexity index is 744. The van der Waals surface area contributed by atoms with Crippen LogP contribution in [0.3, 0.4) is 0 Å². The van der Waals surface area contributed by atoms with Gasteiger partial charge in [0.15, 0.2) is 5.96 Å². The molecule has 0 heterocycles. The van der Waals surface area contributed by atoms with E-state index in [4.69, 9.17) is 5.73 Å². The molecule has 0 spiro atoms. The molecule has 0 aromatic heterocycles. The number of nitrogens with two attached hydrogens (primary N) is 1. The Morgan fingerprint density at radius 1 is 1.12 bits per heavy atom. The van der Waals surface area contributed by atoms with Crippen LogP contribution in [0.25, 0.3) is 0 Å². The molecule has 2 aromatic rings. The molecule has 2 rings (SSSR count). The molecule has 0 aliphatic rings. The van der Waals surface area contributed by atoms with Crippen molar-refractivity contribution in [3.05, 3.63) is 70.8 Å². The smallest absolute Gasteiger partial charge is 0.248 e. The molecule has 0 fully saturated rings. The van der Waals surface area contributed by atoms with Gasteiger partial charge in [-0.2, -0.15) is 0 Å². The molecule has 0 radical (unpaired) electrons. The van der Waals surface area contributed by atoms with Crippen LogP contribution in [0.15, 0.2) is 53.5 Å². The third-order valence-corrected chi connectivity index (χ3v) is 4.09. The molecular weight excluding hydrogens is 439 g/mol. The lowest BCUT2D eigenvalue weighted by Gasteiger charge is -2.22. The molecule has 0 aliphatic heterocycles. The summed E-state index contributed by atoms with van der Waals surface area (Å²) in [6, 6.07) is 15.9. The molecule has 26 heavy (non-hydrogen) atoms. The fraction of sp³-hybridized carbons (Fsp3) is 0.300. The Kier molecular flexibility index (Phi) is 9.12. The van der Waals surface area contributed by atoms with Crippen molar-refractivity contribution >= 4 is 35.8 Å². The average molecular weight is 466 g/mol. The van der Waals surface area contributed by atoms with E-state index in [9.17, 15) is 4.79 Å². The van der Waals surface area contributed by atoms with E-state index in [-0.39, 0.29) is 24.0 Å². The zero-order chi connectivity index (χ0) is 18.2. The van der Waals surface area contributed by atoms with E-state index in [0.29, 0.717) is 12.1 Å². The second kappa shape index (κ2) is 10.8. The summed E-state index contributed by atoms with van der Waals surface area (Å²) in [4.78, 5) is 17.7. The molecule has 0 bridgehead atoms. The molecule has 6 heteroatoms. The molecule has 0 unspecified atom stereocenters. The molecule has 0 atom stereocenters. The number of halogens is 1. The van der Waals surface area contributed by atoms with Gasteiger partial charge in [0.2, 0.25) is 5.91 Å². The summed E-state index contributed by atoms with van der Waals surface area (Å²) in [5.41, 5.74) is 9.40. The van der Waals surface area contributed by atoms with Crippen molar-refractivity contribution in [2.75, 3.05) is 14.1 Å². The predicted octanol–water partition coefficient (Wildman–Crippen LogP) is 3.17. The Balaban J connectivity index is 0.00000338. The lowest BCUT2D eigenvalue weighted by molar-refractivity contribution is 0.1000. The van der Waals surface area contributed by atoms with Crippen molar-refractivity contribution in [3.63, 3.8) is 0 Å². The van der Waals surface area contributed by atoms with Gasteiger partial charge in [0, 0.05) is 32.7 Å². The minimum atomic E-state index is -0.418. The molecule has 0 saturated heterocycles. The number of guanidine groups is 1. The van der Waals surface area contributed by atoms with Crippen molar-refractivity contribution < 1.29 is 4.79 Å². The number of primary amides is 1. The van der Waals surface area contributed by atoms with Gasteiger partial charge < -0.3 is 16.0 Å². The van der Waals surface area contributed by atoms with Gasteiger partial charge in [-0.3, -0.25) is 9.79 Å². The number of carbonyl (C=O) groups excluding carboxylic acids is 1. The number of aliphatic imine (C=N–C) groups is 1. The van der Waals surface area contributed by atoms with Gasteiger partial charge in [0.1, 0.15) is 0 Å². The summed E-state index contributed by atoms with van der Waals surface area (Å²) in [7, 11) is 3.77. The molecule has 2 aromatic carbocycles. The van der Waals surface area contributed by atoms with Crippen molar-refractivity contribution in [1.82, 2.24) is 10.2 Å². The molecule has 0 aliphatic carbocycles. The predicted molar refractivity (Wildman–Crippen MR) is 118 cm³/mol. The van der Waals surface area contributed by atoms with Crippen LogP contribution in [-0.2, 0) is 19.5 Å². The van der Waals surface area contributed by atoms with Gasteiger partial charge in [-0.25, -0.2) is 0 Å². The number of carbonyl (C=O) groups is 1. The third kappa shape index (κ3) is 6.33. The fourth-order valence-corrected chi connectivity index (χ4v) is 2.63. The van der Waals surface area contributed by atoms with Crippen LogP contribution in [0.2, 0.25) is 0 Å². The van der Waals surface area contributed by atoms with E-state index in [2.05, 4.69) is 46.4 Å². The van der Waals surface area contributed by atoms with E-state index in [1.165, 1.54) is 11.1 Å². The number of hydrogen-bond donors (Lipinski definition) is 2. The lowest BCUT2D eigenvalue weighted by Crippen LogP contribution is -2.38. The van der Waals surface area contributed by atoms with E-state index in [1.54, 1.807) is 19.2 Å². The highest BCUT2D eigenvalue weighted by Gasteiger charge is 2.07. The van der Waals surface area contributed by atoms with E-state index in [1.807, 2.05) is 19.2 Å². The minimum absolute atomic E-state index is 0. The highest BCUT2D eigenvalue weighted by molar-refractivity contribution is 14.0. The first-order chi connectivity index (χ1) is 12.0. The quantitative estimate of drug-likeness (QED) is 0.391. The monoisotopic (exact) mass is 466 g/mol. The van der Waals surface area contributed by atoms with Crippen LogP contribution in [0.4, 0.5) is 0 Å². The zero-order valence-corrected chi connectivity index (χ0v) is 17.9. The number of rotatable bonds is 6. The molecule has 3 N–H and O–H groups in total.